The molecule has 0 spiro atoms. The Bertz CT molecular complexity index is 593. The second-order valence-electron chi connectivity index (χ2n) is 3.84. The fourth-order valence-electron chi connectivity index (χ4n) is 1.57. The molecule has 2 heterocycles. The van der Waals surface area contributed by atoms with Crippen LogP contribution < -0.4 is 0 Å². The largest absolute Gasteiger partial charge is 0.250 e. The molecule has 7 heteroatoms. The van der Waals surface area contributed by atoms with Crippen LogP contribution in [-0.4, -0.2) is 15.0 Å². The molecule has 0 saturated heterocycles. The smallest absolute Gasteiger partial charge is 0.182 e. The monoisotopic (exact) mass is 335 g/mol. The maximum Gasteiger partial charge on any atom is 0.182 e. The van der Waals surface area contributed by atoms with Gasteiger partial charge >= 0.3 is 0 Å². The van der Waals surface area contributed by atoms with Crippen molar-refractivity contribution >= 4 is 46.4 Å². The van der Waals surface area contributed by atoms with Crippen LogP contribution in [0.1, 0.15) is 18.9 Å². The maximum atomic E-state index is 6.11. The number of nitrogens with zero attached hydrogens (tertiary/aromatic N) is 3. The minimum atomic E-state index is 0.288. The topological polar surface area (TPSA) is 38.7 Å². The van der Waals surface area contributed by atoms with Crippen molar-refractivity contribution in [1.29, 1.82) is 0 Å². The average Bonchev–Trinajstić information content (AvgIpc) is 2.33. The van der Waals surface area contributed by atoms with E-state index < -0.39 is 0 Å². The Labute approximate surface area is 130 Å². The van der Waals surface area contributed by atoms with Crippen LogP contribution in [0.2, 0.25) is 20.4 Å². The molecule has 0 amide bonds. The van der Waals surface area contributed by atoms with Crippen LogP contribution >= 0.6 is 46.4 Å². The molecule has 0 aromatic carbocycles. The number of pyridine rings is 1. The van der Waals surface area contributed by atoms with E-state index in [1.165, 1.54) is 6.20 Å². The molecular formula is C12H9Cl4N3. The Morgan fingerprint density at radius 2 is 1.68 bits per heavy atom. The highest BCUT2D eigenvalue weighted by Crippen LogP contribution is 2.30. The zero-order valence-corrected chi connectivity index (χ0v) is 12.9. The molecule has 0 aliphatic rings. The van der Waals surface area contributed by atoms with Gasteiger partial charge in [-0.05, 0) is 12.5 Å². The summed E-state index contributed by atoms with van der Waals surface area (Å²) in [4.78, 5) is 12.5. The van der Waals surface area contributed by atoms with Crippen molar-refractivity contribution < 1.29 is 0 Å². The lowest BCUT2D eigenvalue weighted by Crippen LogP contribution is -1.99. The van der Waals surface area contributed by atoms with E-state index in [-0.39, 0.29) is 5.82 Å². The van der Waals surface area contributed by atoms with Gasteiger partial charge in [-0.15, -0.1) is 0 Å². The first-order valence-electron chi connectivity index (χ1n) is 5.56. The molecule has 0 fully saturated rings. The first-order chi connectivity index (χ1) is 9.02. The van der Waals surface area contributed by atoms with E-state index >= 15 is 0 Å². The standard InChI is InChI=1S/C12H9Cl4N3/c1-2-3-7-10(15)18-12(19-11(7)16)9-8(14)4-6(13)5-17-9/h4-5H,2-3H2,1H3. The number of hydrogen-bond acceptors (Lipinski definition) is 3. The molecule has 2 rings (SSSR count). The van der Waals surface area contributed by atoms with E-state index in [2.05, 4.69) is 15.0 Å². The SMILES string of the molecule is CCCc1c(Cl)nc(-c2ncc(Cl)cc2Cl)nc1Cl. The number of halogens is 4. The van der Waals surface area contributed by atoms with Gasteiger partial charge in [-0.25, -0.2) is 15.0 Å². The van der Waals surface area contributed by atoms with E-state index in [9.17, 15) is 0 Å². The number of hydrogen-bond donors (Lipinski definition) is 0. The third-order valence-corrected chi connectivity index (χ3v) is 3.55. The van der Waals surface area contributed by atoms with Gasteiger partial charge in [-0.3, -0.25) is 0 Å². The van der Waals surface area contributed by atoms with Crippen LogP contribution in [0.5, 0.6) is 0 Å². The first-order valence-corrected chi connectivity index (χ1v) is 7.07. The summed E-state index contributed by atoms with van der Waals surface area (Å²) in [6.45, 7) is 2.03. The normalized spacial score (nSPS) is 10.8. The van der Waals surface area contributed by atoms with Crippen molar-refractivity contribution in [2.45, 2.75) is 19.8 Å². The van der Waals surface area contributed by atoms with Crippen molar-refractivity contribution in [2.24, 2.45) is 0 Å². The van der Waals surface area contributed by atoms with Gasteiger partial charge in [0.15, 0.2) is 5.82 Å². The fourth-order valence-corrected chi connectivity index (χ4v) is 2.61. The lowest BCUT2D eigenvalue weighted by Gasteiger charge is -2.08. The van der Waals surface area contributed by atoms with Crippen molar-refractivity contribution in [3.8, 4) is 11.5 Å². The summed E-state index contributed by atoms with van der Waals surface area (Å²) in [6, 6.07) is 1.57. The quantitative estimate of drug-likeness (QED) is 0.731. The van der Waals surface area contributed by atoms with Crippen LogP contribution in [0, 0.1) is 0 Å². The zero-order chi connectivity index (χ0) is 14.0. The first kappa shape index (κ1) is 14.8. The number of rotatable bonds is 3. The zero-order valence-electron chi connectivity index (χ0n) is 9.92. The van der Waals surface area contributed by atoms with Crippen molar-refractivity contribution in [3.05, 3.63) is 38.2 Å². The molecule has 0 bridgehead atoms. The van der Waals surface area contributed by atoms with Gasteiger partial charge in [0.25, 0.3) is 0 Å². The van der Waals surface area contributed by atoms with E-state index in [1.54, 1.807) is 6.07 Å². The van der Waals surface area contributed by atoms with Crippen LogP contribution in [0.15, 0.2) is 12.3 Å². The third kappa shape index (κ3) is 3.29. The van der Waals surface area contributed by atoms with E-state index in [0.717, 1.165) is 18.4 Å². The summed E-state index contributed by atoms with van der Waals surface area (Å²) in [5.74, 6) is 0.288. The molecule has 19 heavy (non-hydrogen) atoms. The van der Waals surface area contributed by atoms with Gasteiger partial charge in [-0.1, -0.05) is 59.7 Å². The Hall–Kier alpha value is -0.610. The predicted octanol–water partition coefficient (Wildman–Crippen LogP) is 5.10. The van der Waals surface area contributed by atoms with Gasteiger partial charge < -0.3 is 0 Å². The summed E-state index contributed by atoms with van der Waals surface area (Å²) < 4.78 is 0. The van der Waals surface area contributed by atoms with Crippen molar-refractivity contribution in [3.63, 3.8) is 0 Å². The summed E-state index contributed by atoms with van der Waals surface area (Å²) >= 11 is 24.1. The van der Waals surface area contributed by atoms with Crippen LogP contribution in [0.4, 0.5) is 0 Å². The molecule has 3 nitrogen and oxygen atoms in total. The number of aromatic nitrogens is 3. The molecule has 0 aliphatic heterocycles. The van der Waals surface area contributed by atoms with Crippen molar-refractivity contribution in [2.75, 3.05) is 0 Å². The van der Waals surface area contributed by atoms with E-state index in [1.807, 2.05) is 6.92 Å². The molecule has 0 saturated carbocycles. The minimum Gasteiger partial charge on any atom is -0.250 e. The van der Waals surface area contributed by atoms with Gasteiger partial charge in [0, 0.05) is 11.8 Å². The highest BCUT2D eigenvalue weighted by molar-refractivity contribution is 6.36. The summed E-state index contributed by atoms with van der Waals surface area (Å²) in [6.07, 6.45) is 3.09. The molecule has 0 N–H and O–H groups in total. The second-order valence-corrected chi connectivity index (χ2v) is 5.40. The summed E-state index contributed by atoms with van der Waals surface area (Å²) in [5, 5.41) is 1.44. The summed E-state index contributed by atoms with van der Waals surface area (Å²) in [5.41, 5.74) is 1.14. The molecule has 0 radical (unpaired) electrons. The molecule has 100 valence electrons. The van der Waals surface area contributed by atoms with Crippen LogP contribution in [0.25, 0.3) is 11.5 Å². The molecule has 0 atom stereocenters. The van der Waals surface area contributed by atoms with Gasteiger partial charge in [0.2, 0.25) is 0 Å². The molecule has 0 aliphatic carbocycles. The maximum absolute atomic E-state index is 6.11. The Kier molecular flexibility index (Phi) is 4.85. The van der Waals surface area contributed by atoms with Gasteiger partial charge in [0.05, 0.1) is 10.0 Å². The molecule has 2 aromatic heterocycles. The Balaban J connectivity index is 2.52. The fraction of sp³-hybridized carbons (Fsp3) is 0.250. The van der Waals surface area contributed by atoms with E-state index in [0.29, 0.717) is 26.0 Å². The molecule has 0 unspecified atom stereocenters. The van der Waals surface area contributed by atoms with Gasteiger partial charge in [-0.2, -0.15) is 0 Å². The third-order valence-electron chi connectivity index (χ3n) is 2.43. The second kappa shape index (κ2) is 6.23. The molecule has 2 aromatic rings. The Morgan fingerprint density at radius 1 is 1.05 bits per heavy atom. The van der Waals surface area contributed by atoms with Gasteiger partial charge in [0.1, 0.15) is 16.0 Å². The molecular weight excluding hydrogens is 328 g/mol. The lowest BCUT2D eigenvalue weighted by molar-refractivity contribution is 0.902. The average molecular weight is 337 g/mol. The minimum absolute atomic E-state index is 0.288. The summed E-state index contributed by atoms with van der Waals surface area (Å²) in [7, 11) is 0. The van der Waals surface area contributed by atoms with Crippen LogP contribution in [-0.2, 0) is 6.42 Å². The van der Waals surface area contributed by atoms with E-state index in [4.69, 9.17) is 46.4 Å². The van der Waals surface area contributed by atoms with Crippen LogP contribution in [0.3, 0.4) is 0 Å². The Morgan fingerprint density at radius 3 is 2.21 bits per heavy atom. The highest BCUT2D eigenvalue weighted by Gasteiger charge is 2.15. The highest BCUT2D eigenvalue weighted by atomic mass is 35.5. The predicted molar refractivity (Wildman–Crippen MR) is 79.3 cm³/mol. The lowest BCUT2D eigenvalue weighted by atomic mass is 10.2. The van der Waals surface area contributed by atoms with Crippen molar-refractivity contribution in [1.82, 2.24) is 15.0 Å².